The average molecular weight is 328 g/mol. The summed E-state index contributed by atoms with van der Waals surface area (Å²) in [6.45, 7) is 0.579. The number of fused-ring (bicyclic) bond motifs is 1. The lowest BCUT2D eigenvalue weighted by atomic mass is 9.83. The van der Waals surface area contributed by atoms with Crippen molar-refractivity contribution < 1.29 is 9.90 Å². The maximum Gasteiger partial charge on any atom is 0.255 e. The highest BCUT2D eigenvalue weighted by Gasteiger charge is 2.22. The Labute approximate surface area is 141 Å². The molecule has 3 rings (SSSR count). The van der Waals surface area contributed by atoms with Gasteiger partial charge in [-0.15, -0.1) is 0 Å². The summed E-state index contributed by atoms with van der Waals surface area (Å²) in [6.07, 6.45) is 7.39. The van der Waals surface area contributed by atoms with Crippen molar-refractivity contribution in [1.82, 2.24) is 10.3 Å². The minimum absolute atomic E-state index is 0.174. The Hall–Kier alpha value is -2.14. The van der Waals surface area contributed by atoms with Crippen molar-refractivity contribution in [3.05, 3.63) is 46.4 Å². The molecular formula is C19H24N2O3. The average Bonchev–Trinajstić information content (AvgIpc) is 2.60. The number of aromatic amines is 1. The van der Waals surface area contributed by atoms with Gasteiger partial charge in [-0.25, -0.2) is 0 Å². The monoisotopic (exact) mass is 328 g/mol. The predicted octanol–water partition coefficient (Wildman–Crippen LogP) is 2.59. The third kappa shape index (κ3) is 3.67. The highest BCUT2D eigenvalue weighted by molar-refractivity contribution is 6.06. The molecule has 0 aliphatic heterocycles. The molecule has 2 aromatic rings. The first kappa shape index (κ1) is 16.7. The van der Waals surface area contributed by atoms with Crippen molar-refractivity contribution in [2.45, 2.75) is 44.6 Å². The number of H-pyrrole nitrogens is 1. The zero-order chi connectivity index (χ0) is 16.9. The first-order valence-corrected chi connectivity index (χ1v) is 8.73. The number of hydrogen-bond acceptors (Lipinski definition) is 3. The first-order chi connectivity index (χ1) is 11.7. The van der Waals surface area contributed by atoms with Gasteiger partial charge < -0.3 is 15.4 Å². The molecule has 0 unspecified atom stereocenters. The van der Waals surface area contributed by atoms with Gasteiger partial charge in [-0.1, -0.05) is 31.0 Å². The quantitative estimate of drug-likeness (QED) is 0.738. The molecule has 5 nitrogen and oxygen atoms in total. The van der Waals surface area contributed by atoms with E-state index in [0.29, 0.717) is 28.8 Å². The van der Waals surface area contributed by atoms with E-state index < -0.39 is 0 Å². The minimum Gasteiger partial charge on any atom is -0.393 e. The van der Waals surface area contributed by atoms with Crippen LogP contribution in [-0.4, -0.2) is 28.6 Å². The summed E-state index contributed by atoms with van der Waals surface area (Å²) in [5.74, 6) is 0.191. The summed E-state index contributed by atoms with van der Waals surface area (Å²) in [5, 5.41) is 14.1. The Morgan fingerprint density at radius 3 is 2.75 bits per heavy atom. The Balaban J connectivity index is 1.58. The van der Waals surface area contributed by atoms with Crippen LogP contribution < -0.4 is 10.9 Å². The van der Waals surface area contributed by atoms with E-state index in [1.54, 1.807) is 18.2 Å². The summed E-state index contributed by atoms with van der Waals surface area (Å²) < 4.78 is 0. The summed E-state index contributed by atoms with van der Waals surface area (Å²) in [4.78, 5) is 26.8. The molecule has 1 aromatic heterocycles. The van der Waals surface area contributed by atoms with E-state index in [1.165, 1.54) is 12.6 Å². The SMILES string of the molecule is O=C(NCCC[C@@H]1CCCC[C@H]1O)c1c[nH]c(=O)c2ccccc12. The second kappa shape index (κ2) is 7.62. The Kier molecular flexibility index (Phi) is 5.30. The fourth-order valence-corrected chi connectivity index (χ4v) is 3.58. The molecule has 24 heavy (non-hydrogen) atoms. The van der Waals surface area contributed by atoms with Gasteiger partial charge in [0.1, 0.15) is 0 Å². The molecule has 0 spiro atoms. The fourth-order valence-electron chi connectivity index (χ4n) is 3.58. The Morgan fingerprint density at radius 1 is 1.21 bits per heavy atom. The number of aliphatic hydroxyl groups excluding tert-OH is 1. The van der Waals surface area contributed by atoms with Gasteiger partial charge in [0.25, 0.3) is 11.5 Å². The van der Waals surface area contributed by atoms with Gasteiger partial charge in [0.05, 0.1) is 11.7 Å². The smallest absolute Gasteiger partial charge is 0.255 e. The lowest BCUT2D eigenvalue weighted by Gasteiger charge is -2.27. The van der Waals surface area contributed by atoms with E-state index in [0.717, 1.165) is 32.1 Å². The van der Waals surface area contributed by atoms with Crippen molar-refractivity contribution in [3.8, 4) is 0 Å². The second-order valence-electron chi connectivity index (χ2n) is 6.59. The Bertz CT molecular complexity index is 769. The number of aromatic nitrogens is 1. The first-order valence-electron chi connectivity index (χ1n) is 8.73. The lowest BCUT2D eigenvalue weighted by molar-refractivity contribution is 0.0641. The molecule has 1 heterocycles. The molecule has 1 saturated carbocycles. The van der Waals surface area contributed by atoms with Crippen molar-refractivity contribution in [1.29, 1.82) is 0 Å². The molecular weight excluding hydrogens is 304 g/mol. The van der Waals surface area contributed by atoms with Crippen LogP contribution in [0.2, 0.25) is 0 Å². The number of nitrogens with one attached hydrogen (secondary N) is 2. The van der Waals surface area contributed by atoms with Crippen LogP contribution in [0.1, 0.15) is 48.9 Å². The molecule has 1 aromatic carbocycles. The van der Waals surface area contributed by atoms with Crippen LogP contribution in [0.4, 0.5) is 0 Å². The number of carbonyl (C=O) groups is 1. The minimum atomic E-state index is -0.187. The zero-order valence-corrected chi connectivity index (χ0v) is 13.8. The third-order valence-electron chi connectivity index (χ3n) is 4.96. The van der Waals surface area contributed by atoms with E-state index in [1.807, 2.05) is 6.07 Å². The molecule has 1 aliphatic rings. The van der Waals surface area contributed by atoms with Crippen LogP contribution in [-0.2, 0) is 0 Å². The van der Waals surface area contributed by atoms with Crippen LogP contribution >= 0.6 is 0 Å². The number of benzene rings is 1. The third-order valence-corrected chi connectivity index (χ3v) is 4.96. The molecule has 1 fully saturated rings. The lowest BCUT2D eigenvalue weighted by Crippen LogP contribution is -2.28. The summed E-state index contributed by atoms with van der Waals surface area (Å²) in [7, 11) is 0. The number of aliphatic hydroxyl groups is 1. The maximum absolute atomic E-state index is 12.4. The molecule has 0 saturated heterocycles. The summed E-state index contributed by atoms with van der Waals surface area (Å²) in [5.41, 5.74) is 0.302. The van der Waals surface area contributed by atoms with E-state index in [4.69, 9.17) is 0 Å². The molecule has 1 amide bonds. The topological polar surface area (TPSA) is 82.2 Å². The van der Waals surface area contributed by atoms with Gasteiger partial charge >= 0.3 is 0 Å². The van der Waals surface area contributed by atoms with E-state index in [9.17, 15) is 14.7 Å². The van der Waals surface area contributed by atoms with Gasteiger partial charge in [0.2, 0.25) is 0 Å². The number of carbonyl (C=O) groups excluding carboxylic acids is 1. The van der Waals surface area contributed by atoms with Gasteiger partial charge in [-0.05, 0) is 37.7 Å². The van der Waals surface area contributed by atoms with Crippen LogP contribution in [0.3, 0.4) is 0 Å². The maximum atomic E-state index is 12.4. The van der Waals surface area contributed by atoms with Crippen LogP contribution in [0.25, 0.3) is 10.8 Å². The number of pyridine rings is 1. The standard InChI is InChI=1S/C19H24N2O3/c22-17-10-4-1-6-13(17)7-5-11-20-19(24)16-12-21-18(23)15-9-3-2-8-14(15)16/h2-3,8-9,12-13,17,22H,1,4-7,10-11H2,(H,20,24)(H,21,23)/t13-,17+/m0/s1. The van der Waals surface area contributed by atoms with Crippen molar-refractivity contribution in [2.24, 2.45) is 5.92 Å². The van der Waals surface area contributed by atoms with Crippen molar-refractivity contribution in [3.63, 3.8) is 0 Å². The molecule has 0 bridgehead atoms. The van der Waals surface area contributed by atoms with Crippen molar-refractivity contribution >= 4 is 16.7 Å². The second-order valence-corrected chi connectivity index (χ2v) is 6.59. The van der Waals surface area contributed by atoms with Crippen LogP contribution in [0, 0.1) is 5.92 Å². The number of hydrogen-bond donors (Lipinski definition) is 3. The molecule has 2 atom stereocenters. The number of amides is 1. The highest BCUT2D eigenvalue weighted by atomic mass is 16.3. The van der Waals surface area contributed by atoms with E-state index >= 15 is 0 Å². The van der Waals surface area contributed by atoms with Gasteiger partial charge in [-0.2, -0.15) is 0 Å². The normalized spacial score (nSPS) is 20.9. The summed E-state index contributed by atoms with van der Waals surface area (Å²) >= 11 is 0. The predicted molar refractivity (Wildman–Crippen MR) is 94.1 cm³/mol. The molecule has 1 aliphatic carbocycles. The highest BCUT2D eigenvalue weighted by Crippen LogP contribution is 2.27. The fraction of sp³-hybridized carbons (Fsp3) is 0.474. The zero-order valence-electron chi connectivity index (χ0n) is 13.8. The Morgan fingerprint density at radius 2 is 1.96 bits per heavy atom. The van der Waals surface area contributed by atoms with Gasteiger partial charge in [0.15, 0.2) is 0 Å². The van der Waals surface area contributed by atoms with E-state index in [-0.39, 0.29) is 17.6 Å². The van der Waals surface area contributed by atoms with Gasteiger partial charge in [0, 0.05) is 23.5 Å². The number of rotatable bonds is 5. The van der Waals surface area contributed by atoms with E-state index in [2.05, 4.69) is 10.3 Å². The molecule has 128 valence electrons. The molecule has 0 radical (unpaired) electrons. The van der Waals surface area contributed by atoms with Crippen LogP contribution in [0.15, 0.2) is 35.3 Å². The summed E-state index contributed by atoms with van der Waals surface area (Å²) in [6, 6.07) is 7.12. The van der Waals surface area contributed by atoms with Crippen LogP contribution in [0.5, 0.6) is 0 Å². The molecule has 3 N–H and O–H groups in total. The molecule has 5 heteroatoms. The van der Waals surface area contributed by atoms with Gasteiger partial charge in [-0.3, -0.25) is 9.59 Å². The largest absolute Gasteiger partial charge is 0.393 e. The van der Waals surface area contributed by atoms with Crippen molar-refractivity contribution in [2.75, 3.05) is 6.54 Å².